The van der Waals surface area contributed by atoms with Crippen molar-refractivity contribution in [3.8, 4) is 0 Å². The van der Waals surface area contributed by atoms with Crippen molar-refractivity contribution in [3.63, 3.8) is 0 Å². The molecule has 0 N–H and O–H groups in total. The quantitative estimate of drug-likeness (QED) is 0.626. The molecular formula is C11H15Cl. The van der Waals surface area contributed by atoms with Crippen LogP contribution in [0, 0.1) is 5.92 Å². The monoisotopic (exact) mass is 182 g/mol. The Labute approximate surface area is 79.6 Å². The predicted molar refractivity (Wildman–Crippen MR) is 54.7 cm³/mol. The molecule has 1 heteroatoms. The highest BCUT2D eigenvalue weighted by molar-refractivity contribution is 6.18. The molecule has 0 aliphatic rings. The van der Waals surface area contributed by atoms with E-state index in [1.165, 1.54) is 5.56 Å². The van der Waals surface area contributed by atoms with Crippen LogP contribution in [0.15, 0.2) is 30.3 Å². The number of benzene rings is 1. The van der Waals surface area contributed by atoms with E-state index < -0.39 is 0 Å². The molecular weight excluding hydrogens is 168 g/mol. The second-order valence-corrected chi connectivity index (χ2v) is 3.64. The van der Waals surface area contributed by atoms with Crippen molar-refractivity contribution in [3.05, 3.63) is 35.9 Å². The lowest BCUT2D eigenvalue weighted by molar-refractivity contribution is 0.541. The largest absolute Gasteiger partial charge is 0.126 e. The average Bonchev–Trinajstić information content (AvgIpc) is 2.17. The number of hydrogen-bond acceptors (Lipinski definition) is 0. The number of halogens is 1. The van der Waals surface area contributed by atoms with Gasteiger partial charge in [0.2, 0.25) is 0 Å². The second kappa shape index (κ2) is 4.51. The molecule has 1 rings (SSSR count). The fourth-order valence-electron chi connectivity index (χ4n) is 1.22. The van der Waals surface area contributed by atoms with E-state index in [1.807, 2.05) is 6.07 Å². The smallest absolute Gasteiger partial charge is 0.0254 e. The minimum absolute atomic E-state index is 0.550. The molecule has 1 aromatic rings. The lowest BCUT2D eigenvalue weighted by Gasteiger charge is -2.17. The summed E-state index contributed by atoms with van der Waals surface area (Å²) in [5, 5.41) is 0. The van der Waals surface area contributed by atoms with E-state index >= 15 is 0 Å². The molecule has 1 aromatic carbocycles. The van der Waals surface area contributed by atoms with Gasteiger partial charge < -0.3 is 0 Å². The van der Waals surface area contributed by atoms with Gasteiger partial charge in [0.15, 0.2) is 0 Å². The van der Waals surface area contributed by atoms with Gasteiger partial charge in [-0.1, -0.05) is 44.2 Å². The van der Waals surface area contributed by atoms with Crippen LogP contribution in [-0.2, 0) is 0 Å². The molecule has 0 aromatic heterocycles. The van der Waals surface area contributed by atoms with Gasteiger partial charge in [-0.25, -0.2) is 0 Å². The summed E-state index contributed by atoms with van der Waals surface area (Å²) in [5.74, 6) is 1.84. The molecule has 0 heterocycles. The predicted octanol–water partition coefficient (Wildman–Crippen LogP) is 3.67. The fourth-order valence-corrected chi connectivity index (χ4v) is 1.49. The maximum Gasteiger partial charge on any atom is 0.0254 e. The molecule has 0 saturated carbocycles. The lowest BCUT2D eigenvalue weighted by atomic mass is 9.90. The van der Waals surface area contributed by atoms with Gasteiger partial charge in [0.25, 0.3) is 0 Å². The summed E-state index contributed by atoms with van der Waals surface area (Å²) < 4.78 is 0. The second-order valence-electron chi connectivity index (χ2n) is 3.33. The van der Waals surface area contributed by atoms with Crippen LogP contribution in [0.3, 0.4) is 0 Å². The summed E-state index contributed by atoms with van der Waals surface area (Å²) in [6.45, 7) is 4.41. The third-order valence-electron chi connectivity index (χ3n) is 2.42. The van der Waals surface area contributed by atoms with Gasteiger partial charge in [-0.05, 0) is 17.4 Å². The van der Waals surface area contributed by atoms with Gasteiger partial charge in [-0.3, -0.25) is 0 Å². The van der Waals surface area contributed by atoms with Gasteiger partial charge in [0.05, 0.1) is 0 Å². The van der Waals surface area contributed by atoms with E-state index in [1.54, 1.807) is 0 Å². The minimum Gasteiger partial charge on any atom is -0.126 e. The SMILES string of the molecule is C[C@H](CCl)[C@H](C)c1ccccc1. The number of alkyl halides is 1. The molecule has 0 aliphatic heterocycles. The van der Waals surface area contributed by atoms with Crippen molar-refractivity contribution in [1.82, 2.24) is 0 Å². The Balaban J connectivity index is 2.71. The van der Waals surface area contributed by atoms with E-state index in [9.17, 15) is 0 Å². The molecule has 0 nitrogen and oxygen atoms in total. The molecule has 0 radical (unpaired) electrons. The first-order valence-corrected chi connectivity index (χ1v) is 4.90. The zero-order valence-corrected chi connectivity index (χ0v) is 8.38. The van der Waals surface area contributed by atoms with E-state index in [0.717, 1.165) is 5.88 Å². The summed E-state index contributed by atoms with van der Waals surface area (Å²) in [6, 6.07) is 10.5. The molecule has 0 fully saturated rings. The summed E-state index contributed by atoms with van der Waals surface area (Å²) in [5.41, 5.74) is 1.38. The van der Waals surface area contributed by atoms with Crippen LogP contribution in [-0.4, -0.2) is 5.88 Å². The maximum atomic E-state index is 5.80. The Morgan fingerprint density at radius 1 is 1.17 bits per heavy atom. The van der Waals surface area contributed by atoms with Crippen LogP contribution in [0.5, 0.6) is 0 Å². The van der Waals surface area contributed by atoms with Crippen LogP contribution in [0.2, 0.25) is 0 Å². The highest BCUT2D eigenvalue weighted by Crippen LogP contribution is 2.24. The fraction of sp³-hybridized carbons (Fsp3) is 0.455. The van der Waals surface area contributed by atoms with Crippen LogP contribution in [0.25, 0.3) is 0 Å². The Bertz CT molecular complexity index is 218. The average molecular weight is 183 g/mol. The van der Waals surface area contributed by atoms with Gasteiger partial charge in [-0.2, -0.15) is 0 Å². The van der Waals surface area contributed by atoms with E-state index in [4.69, 9.17) is 11.6 Å². The highest BCUT2D eigenvalue weighted by atomic mass is 35.5. The Kier molecular flexibility index (Phi) is 3.61. The van der Waals surface area contributed by atoms with E-state index in [0.29, 0.717) is 11.8 Å². The first-order valence-electron chi connectivity index (χ1n) is 4.36. The van der Waals surface area contributed by atoms with Gasteiger partial charge in [0.1, 0.15) is 0 Å². The molecule has 12 heavy (non-hydrogen) atoms. The van der Waals surface area contributed by atoms with Crippen molar-refractivity contribution < 1.29 is 0 Å². The number of rotatable bonds is 3. The first-order chi connectivity index (χ1) is 5.75. The highest BCUT2D eigenvalue weighted by Gasteiger charge is 2.11. The van der Waals surface area contributed by atoms with Crippen molar-refractivity contribution >= 4 is 11.6 Å². The van der Waals surface area contributed by atoms with Crippen LogP contribution < -0.4 is 0 Å². The Morgan fingerprint density at radius 3 is 2.25 bits per heavy atom. The third-order valence-corrected chi connectivity index (χ3v) is 2.91. The summed E-state index contributed by atoms with van der Waals surface area (Å²) in [7, 11) is 0. The van der Waals surface area contributed by atoms with Crippen molar-refractivity contribution in [1.29, 1.82) is 0 Å². The lowest BCUT2D eigenvalue weighted by Crippen LogP contribution is -2.07. The molecule has 0 aliphatic carbocycles. The third kappa shape index (κ3) is 2.25. The van der Waals surface area contributed by atoms with Crippen molar-refractivity contribution in [2.45, 2.75) is 19.8 Å². The van der Waals surface area contributed by atoms with Crippen molar-refractivity contribution in [2.24, 2.45) is 5.92 Å². The maximum absolute atomic E-state index is 5.80. The van der Waals surface area contributed by atoms with Crippen LogP contribution in [0.4, 0.5) is 0 Å². The van der Waals surface area contributed by atoms with Gasteiger partial charge in [0, 0.05) is 5.88 Å². The summed E-state index contributed by atoms with van der Waals surface area (Å²) >= 11 is 5.80. The molecule has 0 unspecified atom stereocenters. The zero-order chi connectivity index (χ0) is 8.97. The van der Waals surface area contributed by atoms with Crippen LogP contribution in [0.1, 0.15) is 25.3 Å². The minimum atomic E-state index is 0.550. The molecule has 0 saturated heterocycles. The van der Waals surface area contributed by atoms with Gasteiger partial charge in [-0.15, -0.1) is 11.6 Å². The molecule has 66 valence electrons. The summed E-state index contributed by atoms with van der Waals surface area (Å²) in [6.07, 6.45) is 0. The molecule has 0 amide bonds. The zero-order valence-electron chi connectivity index (χ0n) is 7.63. The standard InChI is InChI=1S/C11H15Cl/c1-9(8-12)10(2)11-6-4-3-5-7-11/h3-7,9-10H,8H2,1-2H3/t9-,10+/m1/s1. The Morgan fingerprint density at radius 2 is 1.75 bits per heavy atom. The topological polar surface area (TPSA) is 0 Å². The molecule has 0 bridgehead atoms. The van der Waals surface area contributed by atoms with E-state index in [2.05, 4.69) is 38.1 Å². The van der Waals surface area contributed by atoms with Gasteiger partial charge >= 0.3 is 0 Å². The molecule has 2 atom stereocenters. The Hall–Kier alpha value is -0.490. The summed E-state index contributed by atoms with van der Waals surface area (Å²) in [4.78, 5) is 0. The normalized spacial score (nSPS) is 15.6. The molecule has 0 spiro atoms. The van der Waals surface area contributed by atoms with Crippen molar-refractivity contribution in [2.75, 3.05) is 5.88 Å². The first kappa shape index (κ1) is 9.60. The van der Waals surface area contributed by atoms with Crippen LogP contribution >= 0.6 is 11.6 Å². The number of hydrogen-bond donors (Lipinski definition) is 0. The van der Waals surface area contributed by atoms with E-state index in [-0.39, 0.29) is 0 Å².